The number of benzene rings is 1. The van der Waals surface area contributed by atoms with Gasteiger partial charge in [-0.1, -0.05) is 98.7 Å². The van der Waals surface area contributed by atoms with E-state index >= 15 is 0 Å². The van der Waals surface area contributed by atoms with Crippen LogP contribution in [0.2, 0.25) is 0 Å². The third-order valence-corrected chi connectivity index (χ3v) is 8.10. The van der Waals surface area contributed by atoms with Gasteiger partial charge in [-0.05, 0) is 101 Å². The average molecular weight is 611 g/mol. The molecular weight excluding hydrogens is 543 g/mol. The molecule has 0 heterocycles. The lowest BCUT2D eigenvalue weighted by atomic mass is 9.94. The van der Waals surface area contributed by atoms with Crippen molar-refractivity contribution in [2.75, 3.05) is 6.54 Å². The van der Waals surface area contributed by atoms with Gasteiger partial charge in [0.1, 0.15) is 11.6 Å². The van der Waals surface area contributed by atoms with Gasteiger partial charge in [-0.25, -0.2) is 4.39 Å². The number of carbonyl (C=O) groups is 1. The summed E-state index contributed by atoms with van der Waals surface area (Å²) >= 11 is 0. The van der Waals surface area contributed by atoms with E-state index in [-0.39, 0.29) is 11.4 Å². The number of halogens is 1. The van der Waals surface area contributed by atoms with E-state index < -0.39 is 0 Å². The topological polar surface area (TPSA) is 44.1 Å². The van der Waals surface area contributed by atoms with E-state index in [4.69, 9.17) is 5.26 Å². The van der Waals surface area contributed by atoms with Crippen LogP contribution in [0.3, 0.4) is 0 Å². The van der Waals surface area contributed by atoms with E-state index in [2.05, 4.69) is 111 Å². The lowest BCUT2D eigenvalue weighted by molar-refractivity contribution is -0.118. The number of aryl methyl sites for hydroxylation is 2. The fraction of sp³-hybridized carbons (Fsp3) is 0.600. The standard InChI is InChI=1S/C16H30N2.C11H17F.C8H10.C5H10O/c1-7-12-18(16(5,6)9-3)15(10-11-17)13-14(4)8-2;1-5-9(4)10(6-2)8-11(12)7-3;1-7-5-3-4-6-8(7)2;1-3-5(6)4-2/h10,14H,7-9,12-13H2,1-6H3;6-9H,3,5H2,1-2,4H3;3-6H,1-2H3;3-4H2,1-2H3/b15-10-;10-6+,11-8+;;/t14-;;;/m0.../s1. The van der Waals surface area contributed by atoms with Crippen molar-refractivity contribution < 1.29 is 9.18 Å². The molecule has 1 rings (SSSR count). The first kappa shape index (κ1) is 45.5. The molecule has 44 heavy (non-hydrogen) atoms. The van der Waals surface area contributed by atoms with Crippen LogP contribution in [0.25, 0.3) is 0 Å². The molecule has 0 bridgehead atoms. The predicted octanol–water partition coefficient (Wildman–Crippen LogP) is 12.4. The SMILES string of the molecule is C=C/C(F)=C\C(=C/C)C(C)CC.CCC(=O)CC.CCCN(/C(=C\C#N)C[C@@H](C)CC)C(C)(C)CC.Cc1ccccc1C. The van der Waals surface area contributed by atoms with Crippen LogP contribution < -0.4 is 0 Å². The van der Waals surface area contributed by atoms with Crippen LogP contribution in [-0.2, 0) is 4.79 Å². The Balaban J connectivity index is -0.000000554. The van der Waals surface area contributed by atoms with Crippen molar-refractivity contribution >= 4 is 5.78 Å². The molecule has 1 unspecified atom stereocenters. The fourth-order valence-electron chi connectivity index (χ4n) is 3.95. The molecule has 0 saturated carbocycles. The van der Waals surface area contributed by atoms with Gasteiger partial charge in [0, 0.05) is 36.7 Å². The summed E-state index contributed by atoms with van der Waals surface area (Å²) < 4.78 is 12.8. The molecule has 0 aliphatic carbocycles. The summed E-state index contributed by atoms with van der Waals surface area (Å²) in [6, 6.07) is 10.6. The van der Waals surface area contributed by atoms with Crippen molar-refractivity contribution in [2.24, 2.45) is 11.8 Å². The number of Topliss-reactive ketones (excluding diaryl/α,β-unsaturated/α-hetero) is 1. The second-order valence-electron chi connectivity index (χ2n) is 12.0. The zero-order valence-electron chi connectivity index (χ0n) is 30.8. The second-order valence-corrected chi connectivity index (χ2v) is 12.0. The molecule has 0 radical (unpaired) electrons. The maximum atomic E-state index is 12.8. The summed E-state index contributed by atoms with van der Waals surface area (Å²) in [7, 11) is 0. The van der Waals surface area contributed by atoms with Crippen molar-refractivity contribution in [2.45, 2.75) is 140 Å². The lowest BCUT2D eigenvalue weighted by Crippen LogP contribution is -2.43. The molecule has 0 fully saturated rings. The molecule has 250 valence electrons. The molecule has 2 atom stereocenters. The molecule has 0 saturated heterocycles. The molecule has 1 aromatic carbocycles. The minimum atomic E-state index is -0.261. The van der Waals surface area contributed by atoms with Gasteiger partial charge in [0.05, 0.1) is 6.07 Å². The van der Waals surface area contributed by atoms with E-state index in [1.807, 2.05) is 26.8 Å². The minimum Gasteiger partial charge on any atom is -0.369 e. The fourth-order valence-corrected chi connectivity index (χ4v) is 3.95. The summed E-state index contributed by atoms with van der Waals surface area (Å²) in [6.07, 6.45) is 13.3. The molecule has 0 aromatic heterocycles. The number of hydrogen-bond donors (Lipinski definition) is 0. The Morgan fingerprint density at radius 3 is 1.84 bits per heavy atom. The van der Waals surface area contributed by atoms with Gasteiger partial charge in [0.15, 0.2) is 0 Å². The highest BCUT2D eigenvalue weighted by Crippen LogP contribution is 2.28. The number of carbonyl (C=O) groups excluding carboxylic acids is 1. The van der Waals surface area contributed by atoms with Crippen LogP contribution in [0.1, 0.15) is 132 Å². The Kier molecular flexibility index (Phi) is 28.5. The highest BCUT2D eigenvalue weighted by molar-refractivity contribution is 5.77. The zero-order valence-corrected chi connectivity index (χ0v) is 30.8. The van der Waals surface area contributed by atoms with E-state index in [9.17, 15) is 9.18 Å². The number of nitrogens with zero attached hydrogens (tertiary/aromatic N) is 2. The minimum absolute atomic E-state index is 0.131. The highest BCUT2D eigenvalue weighted by atomic mass is 19.1. The first-order valence-electron chi connectivity index (χ1n) is 16.8. The molecule has 3 nitrogen and oxygen atoms in total. The van der Waals surface area contributed by atoms with Gasteiger partial charge in [-0.2, -0.15) is 5.26 Å². The average Bonchev–Trinajstić information content (AvgIpc) is 3.03. The van der Waals surface area contributed by atoms with Crippen LogP contribution in [0.5, 0.6) is 0 Å². The van der Waals surface area contributed by atoms with Crippen LogP contribution in [0.4, 0.5) is 4.39 Å². The van der Waals surface area contributed by atoms with Gasteiger partial charge in [-0.3, -0.25) is 4.79 Å². The molecule has 4 heteroatoms. The Labute approximate surface area is 273 Å². The first-order valence-corrected chi connectivity index (χ1v) is 16.8. The van der Waals surface area contributed by atoms with Gasteiger partial charge < -0.3 is 4.90 Å². The summed E-state index contributed by atoms with van der Waals surface area (Å²) in [6.45, 7) is 31.9. The van der Waals surface area contributed by atoms with E-state index in [1.54, 1.807) is 12.2 Å². The van der Waals surface area contributed by atoms with Crippen molar-refractivity contribution in [3.63, 3.8) is 0 Å². The van der Waals surface area contributed by atoms with E-state index in [0.29, 0.717) is 30.5 Å². The molecule has 1 aromatic rings. The van der Waals surface area contributed by atoms with Crippen LogP contribution in [0.15, 0.2) is 72.2 Å². The van der Waals surface area contributed by atoms with Crippen molar-refractivity contribution in [3.05, 3.63) is 83.4 Å². The molecule has 0 aliphatic rings. The molecule has 0 amide bonds. The summed E-state index contributed by atoms with van der Waals surface area (Å²) in [5.41, 5.74) is 5.11. The smallest absolute Gasteiger partial charge is 0.132 e. The summed E-state index contributed by atoms with van der Waals surface area (Å²) in [5.74, 6) is 1.13. The Hall–Kier alpha value is -2.93. The summed E-state index contributed by atoms with van der Waals surface area (Å²) in [5, 5.41) is 9.02. The summed E-state index contributed by atoms with van der Waals surface area (Å²) in [4.78, 5) is 12.6. The highest BCUT2D eigenvalue weighted by Gasteiger charge is 2.26. The number of ketones is 1. The molecule has 0 spiro atoms. The number of hydrogen-bond acceptors (Lipinski definition) is 3. The Morgan fingerprint density at radius 2 is 1.55 bits per heavy atom. The third kappa shape index (κ3) is 21.7. The molecule has 0 aliphatic heterocycles. The van der Waals surface area contributed by atoms with Crippen LogP contribution in [-0.4, -0.2) is 22.8 Å². The van der Waals surface area contributed by atoms with Gasteiger partial charge in [-0.15, -0.1) is 0 Å². The van der Waals surface area contributed by atoms with E-state index in [1.165, 1.54) is 22.9 Å². The third-order valence-electron chi connectivity index (χ3n) is 8.10. The van der Waals surface area contributed by atoms with Gasteiger partial charge in [0.25, 0.3) is 0 Å². The van der Waals surface area contributed by atoms with E-state index in [0.717, 1.165) is 44.2 Å². The zero-order chi connectivity index (χ0) is 34.7. The Bertz CT molecular complexity index is 1010. The maximum Gasteiger partial charge on any atom is 0.132 e. The van der Waals surface area contributed by atoms with Crippen molar-refractivity contribution in [1.29, 1.82) is 5.26 Å². The van der Waals surface area contributed by atoms with Crippen LogP contribution >= 0.6 is 0 Å². The molecule has 0 N–H and O–H groups in total. The number of allylic oxidation sites excluding steroid dienone is 7. The quantitative estimate of drug-likeness (QED) is 0.155. The Morgan fingerprint density at radius 1 is 1.02 bits per heavy atom. The largest absolute Gasteiger partial charge is 0.369 e. The second kappa shape index (κ2) is 27.6. The van der Waals surface area contributed by atoms with Crippen LogP contribution in [0, 0.1) is 37.0 Å². The van der Waals surface area contributed by atoms with Crippen molar-refractivity contribution in [3.8, 4) is 6.07 Å². The normalized spacial score (nSPS) is 13.0. The van der Waals surface area contributed by atoms with Gasteiger partial charge in [0.2, 0.25) is 0 Å². The first-order chi connectivity index (χ1) is 20.7. The van der Waals surface area contributed by atoms with Gasteiger partial charge >= 0.3 is 0 Å². The van der Waals surface area contributed by atoms with Crippen molar-refractivity contribution in [1.82, 2.24) is 4.90 Å². The molecular formula is C40H67FN2O. The predicted molar refractivity (Wildman–Crippen MR) is 193 cm³/mol. The maximum absolute atomic E-state index is 12.8. The number of nitriles is 1. The lowest BCUT2D eigenvalue weighted by Gasteiger charge is -2.42. The monoisotopic (exact) mass is 611 g/mol. The number of rotatable bonds is 14.